The molecule has 2 aliphatic rings. The van der Waals surface area contributed by atoms with Gasteiger partial charge in [0.1, 0.15) is 11.7 Å². The molecular weight excluding hydrogens is 378 g/mol. The number of benzene rings is 1. The van der Waals surface area contributed by atoms with Crippen LogP contribution in [0.5, 0.6) is 5.75 Å². The number of unbranched alkanes of at least 4 members (excludes halogenated alkanes) is 2. The van der Waals surface area contributed by atoms with Crippen LogP contribution in [0.4, 0.5) is 0 Å². The van der Waals surface area contributed by atoms with Crippen molar-refractivity contribution in [3.05, 3.63) is 41.1 Å². The van der Waals surface area contributed by atoms with E-state index in [1.165, 1.54) is 0 Å². The molecule has 1 aliphatic carbocycles. The Labute approximate surface area is 179 Å². The second-order valence-electron chi connectivity index (χ2n) is 9.16. The number of aliphatic imine (C=N–C) groups is 1. The molecule has 0 fully saturated rings. The first-order valence-electron chi connectivity index (χ1n) is 10.9. The normalized spacial score (nSPS) is 23.0. The summed E-state index contributed by atoms with van der Waals surface area (Å²) in [6.07, 6.45) is 4.11. The van der Waals surface area contributed by atoms with Crippen LogP contribution in [-0.2, 0) is 14.3 Å². The number of carbonyl (C=O) groups is 2. The molecule has 0 N–H and O–H groups in total. The Balaban J connectivity index is 2.03. The highest BCUT2D eigenvalue weighted by Gasteiger charge is 2.46. The number of hydrogen-bond acceptors (Lipinski definition) is 5. The molecule has 1 heterocycles. The van der Waals surface area contributed by atoms with Crippen molar-refractivity contribution in [3.63, 3.8) is 0 Å². The van der Waals surface area contributed by atoms with Crippen molar-refractivity contribution >= 4 is 17.5 Å². The molecule has 1 aromatic carbocycles. The average molecular weight is 412 g/mol. The fraction of sp³-hybridized carbons (Fsp3) is 0.560. The van der Waals surface area contributed by atoms with Gasteiger partial charge in [0.05, 0.1) is 13.7 Å². The number of rotatable bonds is 7. The van der Waals surface area contributed by atoms with E-state index in [-0.39, 0.29) is 17.2 Å². The van der Waals surface area contributed by atoms with E-state index in [0.29, 0.717) is 30.1 Å². The summed E-state index contributed by atoms with van der Waals surface area (Å²) >= 11 is 0. The topological polar surface area (TPSA) is 65.0 Å². The van der Waals surface area contributed by atoms with Gasteiger partial charge >= 0.3 is 5.97 Å². The summed E-state index contributed by atoms with van der Waals surface area (Å²) in [7, 11) is 1.62. The quantitative estimate of drug-likeness (QED) is 0.454. The summed E-state index contributed by atoms with van der Waals surface area (Å²) in [6.45, 7) is 8.57. The minimum absolute atomic E-state index is 0.0779. The Morgan fingerprint density at radius 1 is 1.23 bits per heavy atom. The second kappa shape index (κ2) is 9.15. The van der Waals surface area contributed by atoms with Crippen molar-refractivity contribution in [3.8, 4) is 5.75 Å². The zero-order chi connectivity index (χ0) is 21.9. The molecule has 30 heavy (non-hydrogen) atoms. The van der Waals surface area contributed by atoms with Gasteiger partial charge in [-0.25, -0.2) is 0 Å². The summed E-state index contributed by atoms with van der Waals surface area (Å²) < 4.78 is 11.0. The Kier molecular flexibility index (Phi) is 6.79. The largest absolute Gasteiger partial charge is 0.497 e. The van der Waals surface area contributed by atoms with E-state index < -0.39 is 11.8 Å². The minimum Gasteiger partial charge on any atom is -0.497 e. The number of methoxy groups -OCH3 is 1. The maximum Gasteiger partial charge on any atom is 0.315 e. The van der Waals surface area contributed by atoms with Crippen molar-refractivity contribution in [2.75, 3.05) is 13.7 Å². The molecule has 0 radical (unpaired) electrons. The summed E-state index contributed by atoms with van der Waals surface area (Å²) in [5, 5.41) is 0. The molecule has 1 unspecified atom stereocenters. The number of nitrogens with zero attached hydrogens (tertiary/aromatic N) is 1. The van der Waals surface area contributed by atoms with Gasteiger partial charge in [-0.05, 0) is 42.9 Å². The molecule has 0 saturated carbocycles. The number of ether oxygens (including phenoxy) is 2. The molecule has 0 amide bonds. The molecule has 162 valence electrons. The lowest BCUT2D eigenvalue weighted by molar-refractivity contribution is -0.146. The van der Waals surface area contributed by atoms with E-state index in [4.69, 9.17) is 14.5 Å². The van der Waals surface area contributed by atoms with Gasteiger partial charge in [-0.2, -0.15) is 0 Å². The maximum absolute atomic E-state index is 13.2. The SMILES string of the molecule is CCCCCOC(=O)C1C(C)=NC2=C(C(=O)CC(C)(C)C2)[C@@H]1c1cccc(OC)c1. The molecular formula is C25H33NO4. The van der Waals surface area contributed by atoms with Gasteiger partial charge in [-0.15, -0.1) is 0 Å². The minimum atomic E-state index is -0.595. The predicted molar refractivity (Wildman–Crippen MR) is 118 cm³/mol. The lowest BCUT2D eigenvalue weighted by Gasteiger charge is -2.39. The lowest BCUT2D eigenvalue weighted by atomic mass is 9.67. The van der Waals surface area contributed by atoms with Crippen LogP contribution >= 0.6 is 0 Å². The summed E-state index contributed by atoms with van der Waals surface area (Å²) in [5.41, 5.74) is 2.96. The van der Waals surface area contributed by atoms with Gasteiger partial charge in [0.25, 0.3) is 0 Å². The first-order chi connectivity index (χ1) is 14.3. The Morgan fingerprint density at radius 3 is 2.70 bits per heavy atom. The maximum atomic E-state index is 13.2. The van der Waals surface area contributed by atoms with Gasteiger partial charge in [0.2, 0.25) is 0 Å². The third-order valence-electron chi connectivity index (χ3n) is 6.00. The highest BCUT2D eigenvalue weighted by Crippen LogP contribution is 2.48. The van der Waals surface area contributed by atoms with Crippen molar-refractivity contribution in [1.82, 2.24) is 0 Å². The number of ketones is 1. The summed E-state index contributed by atoms with van der Waals surface area (Å²) in [4.78, 5) is 31.2. The van der Waals surface area contributed by atoms with Crippen LogP contribution in [0.2, 0.25) is 0 Å². The molecule has 5 heteroatoms. The molecule has 5 nitrogen and oxygen atoms in total. The van der Waals surface area contributed by atoms with E-state index in [2.05, 4.69) is 20.8 Å². The Bertz CT molecular complexity index is 881. The van der Waals surface area contributed by atoms with Crippen LogP contribution in [0.1, 0.15) is 71.3 Å². The predicted octanol–water partition coefficient (Wildman–Crippen LogP) is 5.25. The number of hydrogen-bond donors (Lipinski definition) is 0. The van der Waals surface area contributed by atoms with E-state index in [1.807, 2.05) is 31.2 Å². The molecule has 0 saturated heterocycles. The monoisotopic (exact) mass is 411 g/mol. The van der Waals surface area contributed by atoms with E-state index in [9.17, 15) is 9.59 Å². The van der Waals surface area contributed by atoms with Gasteiger partial charge in [0.15, 0.2) is 5.78 Å². The first kappa shape index (κ1) is 22.3. The van der Waals surface area contributed by atoms with Crippen LogP contribution in [0.25, 0.3) is 0 Å². The molecule has 0 spiro atoms. The molecule has 1 aromatic rings. The van der Waals surface area contributed by atoms with E-state index in [1.54, 1.807) is 7.11 Å². The van der Waals surface area contributed by atoms with Gasteiger partial charge < -0.3 is 9.47 Å². The summed E-state index contributed by atoms with van der Waals surface area (Å²) in [5.74, 6) is -0.510. The van der Waals surface area contributed by atoms with Crippen LogP contribution in [0.15, 0.2) is 40.5 Å². The molecule has 0 bridgehead atoms. The third kappa shape index (κ3) is 4.66. The smallest absolute Gasteiger partial charge is 0.315 e. The highest BCUT2D eigenvalue weighted by atomic mass is 16.5. The third-order valence-corrected chi connectivity index (χ3v) is 6.00. The van der Waals surface area contributed by atoms with E-state index >= 15 is 0 Å². The van der Waals surface area contributed by atoms with Crippen LogP contribution in [0.3, 0.4) is 0 Å². The Hall–Kier alpha value is -2.43. The first-order valence-corrected chi connectivity index (χ1v) is 10.9. The zero-order valence-corrected chi connectivity index (χ0v) is 18.8. The molecule has 0 aromatic heterocycles. The standard InChI is InChI=1S/C25H33NO4/c1-6-7-8-12-30-24(28)21-16(2)26-19-14-25(3,4)15-20(27)23(19)22(21)17-10-9-11-18(13-17)29-5/h9-11,13,21-22H,6-8,12,14-15H2,1-5H3/t21?,22-/m1/s1. The van der Waals surface area contributed by atoms with Crippen molar-refractivity contribution in [1.29, 1.82) is 0 Å². The average Bonchev–Trinajstić information content (AvgIpc) is 2.69. The number of carbonyl (C=O) groups excluding carboxylic acids is 2. The molecule has 1 aliphatic heterocycles. The van der Waals surface area contributed by atoms with Crippen LogP contribution in [0, 0.1) is 11.3 Å². The van der Waals surface area contributed by atoms with Crippen LogP contribution in [-0.4, -0.2) is 31.2 Å². The number of allylic oxidation sites excluding steroid dienone is 2. The highest BCUT2D eigenvalue weighted by molar-refractivity contribution is 6.09. The van der Waals surface area contributed by atoms with Gasteiger partial charge in [-0.1, -0.05) is 45.7 Å². The van der Waals surface area contributed by atoms with Crippen molar-refractivity contribution in [2.45, 2.75) is 65.7 Å². The zero-order valence-electron chi connectivity index (χ0n) is 18.8. The molecule has 3 rings (SSSR count). The number of esters is 1. The summed E-state index contributed by atoms with van der Waals surface area (Å²) in [6, 6.07) is 7.64. The second-order valence-corrected chi connectivity index (χ2v) is 9.16. The fourth-order valence-corrected chi connectivity index (χ4v) is 4.56. The van der Waals surface area contributed by atoms with Crippen LogP contribution < -0.4 is 4.74 Å². The number of Topliss-reactive ketones (excluding diaryl/α,β-unsaturated/α-hetero) is 1. The fourth-order valence-electron chi connectivity index (χ4n) is 4.56. The van der Waals surface area contributed by atoms with Crippen molar-refractivity contribution < 1.29 is 19.1 Å². The Morgan fingerprint density at radius 2 is 2.00 bits per heavy atom. The van der Waals surface area contributed by atoms with Crippen molar-refractivity contribution in [2.24, 2.45) is 16.3 Å². The lowest BCUT2D eigenvalue weighted by Crippen LogP contribution is -2.39. The molecule has 2 atom stereocenters. The van der Waals surface area contributed by atoms with Gasteiger partial charge in [-0.3, -0.25) is 14.6 Å². The van der Waals surface area contributed by atoms with Gasteiger partial charge in [0, 0.05) is 29.3 Å². The van der Waals surface area contributed by atoms with E-state index in [0.717, 1.165) is 36.9 Å².